The molecule has 2 fully saturated rings. The average molecular weight is 494 g/mol. The number of benzene rings is 2. The lowest BCUT2D eigenvalue weighted by atomic mass is 9.99. The summed E-state index contributed by atoms with van der Waals surface area (Å²) in [5, 5.41) is 15.1. The summed E-state index contributed by atoms with van der Waals surface area (Å²) >= 11 is 0. The first kappa shape index (κ1) is 26.4. The van der Waals surface area contributed by atoms with Gasteiger partial charge in [0.1, 0.15) is 0 Å². The molecule has 7 nitrogen and oxygen atoms in total. The predicted molar refractivity (Wildman–Crippen MR) is 142 cm³/mol. The van der Waals surface area contributed by atoms with Crippen molar-refractivity contribution in [2.24, 2.45) is 0 Å². The third-order valence-electron chi connectivity index (χ3n) is 7.01. The molecule has 1 saturated carbocycles. The van der Waals surface area contributed by atoms with Crippen LogP contribution >= 0.6 is 0 Å². The van der Waals surface area contributed by atoms with Gasteiger partial charge in [-0.3, -0.25) is 4.90 Å². The number of urea groups is 1. The van der Waals surface area contributed by atoms with Crippen molar-refractivity contribution < 1.29 is 19.4 Å². The van der Waals surface area contributed by atoms with Gasteiger partial charge >= 0.3 is 6.03 Å². The van der Waals surface area contributed by atoms with Crippen molar-refractivity contribution in [3.05, 3.63) is 77.9 Å². The number of nitrogens with zero attached hydrogens (tertiary/aromatic N) is 1. The van der Waals surface area contributed by atoms with E-state index in [1.807, 2.05) is 61.5 Å². The molecule has 1 heterocycles. The van der Waals surface area contributed by atoms with Gasteiger partial charge in [0, 0.05) is 43.3 Å². The number of amides is 2. The molecule has 0 bridgehead atoms. The van der Waals surface area contributed by atoms with Gasteiger partial charge in [0.15, 0.2) is 6.29 Å². The molecule has 2 amide bonds. The van der Waals surface area contributed by atoms with Gasteiger partial charge in [-0.15, -0.1) is 6.58 Å². The number of hydrogen-bond acceptors (Lipinski definition) is 5. The van der Waals surface area contributed by atoms with E-state index >= 15 is 0 Å². The molecule has 2 aromatic carbocycles. The molecule has 1 saturated heterocycles. The Hall–Kier alpha value is -2.71. The maximum Gasteiger partial charge on any atom is 0.319 e. The number of aliphatic hydroxyl groups excluding tert-OH is 1. The van der Waals surface area contributed by atoms with Gasteiger partial charge < -0.3 is 25.2 Å². The molecule has 194 valence electrons. The largest absolute Gasteiger partial charge is 0.392 e. The first-order chi connectivity index (χ1) is 17.6. The normalized spacial score (nSPS) is 22.5. The quantitative estimate of drug-likeness (QED) is 0.392. The van der Waals surface area contributed by atoms with E-state index in [1.54, 1.807) is 0 Å². The highest BCUT2D eigenvalue weighted by Gasteiger charge is 2.34. The Morgan fingerprint density at radius 2 is 1.92 bits per heavy atom. The minimum Gasteiger partial charge on any atom is -0.392 e. The van der Waals surface area contributed by atoms with Crippen molar-refractivity contribution in [2.75, 3.05) is 25.0 Å². The summed E-state index contributed by atoms with van der Waals surface area (Å²) < 4.78 is 13.0. The fourth-order valence-electron chi connectivity index (χ4n) is 5.20. The number of carbonyl (C=O) groups is 1. The lowest BCUT2D eigenvalue weighted by molar-refractivity contribution is -0.253. The highest BCUT2D eigenvalue weighted by Crippen LogP contribution is 2.39. The van der Waals surface area contributed by atoms with Crippen LogP contribution in [-0.2, 0) is 16.1 Å². The van der Waals surface area contributed by atoms with Crippen LogP contribution in [0.25, 0.3) is 0 Å². The van der Waals surface area contributed by atoms with Crippen LogP contribution in [0.15, 0.2) is 61.2 Å². The zero-order valence-electron chi connectivity index (χ0n) is 21.2. The number of hydrogen-bond donors (Lipinski definition) is 3. The van der Waals surface area contributed by atoms with E-state index in [0.717, 1.165) is 36.2 Å². The molecular formula is C29H39N3O4. The summed E-state index contributed by atoms with van der Waals surface area (Å²) in [6.07, 6.45) is 7.00. The first-order valence-corrected chi connectivity index (χ1v) is 13.1. The number of carbonyl (C=O) groups excluding carboxylic acids is 1. The second-order valence-electron chi connectivity index (χ2n) is 9.64. The van der Waals surface area contributed by atoms with E-state index in [4.69, 9.17) is 9.47 Å². The summed E-state index contributed by atoms with van der Waals surface area (Å²) in [6, 6.07) is 15.9. The summed E-state index contributed by atoms with van der Waals surface area (Å²) in [5.74, 6) is 0. The monoisotopic (exact) mass is 493 g/mol. The Balaban J connectivity index is 1.56. The smallest absolute Gasteiger partial charge is 0.319 e. The molecule has 0 radical (unpaired) electrons. The topological polar surface area (TPSA) is 83.1 Å². The van der Waals surface area contributed by atoms with Crippen LogP contribution in [0.3, 0.4) is 0 Å². The van der Waals surface area contributed by atoms with Crippen LogP contribution in [0.4, 0.5) is 10.5 Å². The number of anilines is 1. The molecule has 0 unspecified atom stereocenters. The molecule has 3 N–H and O–H groups in total. The second-order valence-corrected chi connectivity index (χ2v) is 9.64. The molecule has 2 aromatic rings. The molecule has 1 aliphatic heterocycles. The molecular weight excluding hydrogens is 454 g/mol. The van der Waals surface area contributed by atoms with Crippen molar-refractivity contribution in [1.29, 1.82) is 0 Å². The highest BCUT2D eigenvalue weighted by atomic mass is 16.7. The van der Waals surface area contributed by atoms with E-state index in [0.29, 0.717) is 18.3 Å². The van der Waals surface area contributed by atoms with Crippen LogP contribution in [0.2, 0.25) is 0 Å². The minimum atomic E-state index is -0.559. The van der Waals surface area contributed by atoms with Crippen LogP contribution in [0.1, 0.15) is 68.1 Å². The van der Waals surface area contributed by atoms with Crippen LogP contribution < -0.4 is 10.6 Å². The van der Waals surface area contributed by atoms with Crippen LogP contribution in [0.5, 0.6) is 0 Å². The third-order valence-corrected chi connectivity index (χ3v) is 7.01. The summed E-state index contributed by atoms with van der Waals surface area (Å²) in [6.45, 7) is 8.11. The van der Waals surface area contributed by atoms with E-state index in [-0.39, 0.29) is 24.8 Å². The lowest BCUT2D eigenvalue weighted by Crippen LogP contribution is -2.43. The zero-order chi connectivity index (χ0) is 25.3. The number of ether oxygens (including phenoxy) is 2. The van der Waals surface area contributed by atoms with Crippen molar-refractivity contribution in [1.82, 2.24) is 10.2 Å². The van der Waals surface area contributed by atoms with E-state index in [2.05, 4.69) is 22.1 Å². The minimum absolute atomic E-state index is 0.0173. The van der Waals surface area contributed by atoms with Gasteiger partial charge in [0.2, 0.25) is 0 Å². The zero-order valence-corrected chi connectivity index (χ0v) is 21.2. The Morgan fingerprint density at radius 1 is 1.14 bits per heavy atom. The number of aliphatic hydroxyl groups is 1. The average Bonchev–Trinajstić information content (AvgIpc) is 3.44. The van der Waals surface area contributed by atoms with Crippen molar-refractivity contribution >= 4 is 11.7 Å². The molecule has 0 spiro atoms. The lowest BCUT2D eigenvalue weighted by Gasteiger charge is -2.39. The van der Waals surface area contributed by atoms with E-state index in [1.165, 1.54) is 25.7 Å². The Labute approximate surface area is 214 Å². The van der Waals surface area contributed by atoms with Gasteiger partial charge in [0.05, 0.1) is 18.8 Å². The van der Waals surface area contributed by atoms with Gasteiger partial charge in [0.25, 0.3) is 0 Å². The third kappa shape index (κ3) is 6.95. The summed E-state index contributed by atoms with van der Waals surface area (Å²) in [4.78, 5) is 14.5. The Bertz CT molecular complexity index is 990. The Kier molecular flexibility index (Phi) is 9.53. The number of rotatable bonds is 10. The van der Waals surface area contributed by atoms with E-state index in [9.17, 15) is 9.90 Å². The standard InChI is InChI=1S/C29H39N3O4/c1-3-16-32(25-10-5-6-11-25)19-26-18-27(22-14-12-21(20-33)13-15-22)36-28(35-26)23-8-7-9-24(17-23)31-29(34)30-4-2/h3,7-9,12-15,17,25-28,33H,1,4-6,10-11,16,18-20H2,2H3,(H2,30,31,34)/t26-,27+,28+/m0/s1. The maximum absolute atomic E-state index is 12.0. The van der Waals surface area contributed by atoms with E-state index < -0.39 is 6.29 Å². The number of nitrogens with one attached hydrogen (secondary N) is 2. The van der Waals surface area contributed by atoms with Gasteiger partial charge in [-0.25, -0.2) is 4.79 Å². The van der Waals surface area contributed by atoms with Crippen molar-refractivity contribution in [3.8, 4) is 0 Å². The molecule has 2 aliphatic rings. The molecule has 1 aliphatic carbocycles. The highest BCUT2D eigenvalue weighted by molar-refractivity contribution is 5.89. The van der Waals surface area contributed by atoms with Crippen LogP contribution in [-0.4, -0.2) is 47.8 Å². The fraction of sp³-hybridized carbons (Fsp3) is 0.483. The van der Waals surface area contributed by atoms with Gasteiger partial charge in [-0.2, -0.15) is 0 Å². The first-order valence-electron chi connectivity index (χ1n) is 13.1. The maximum atomic E-state index is 12.0. The second kappa shape index (κ2) is 13.0. The van der Waals surface area contributed by atoms with Crippen molar-refractivity contribution in [2.45, 2.75) is 70.2 Å². The summed E-state index contributed by atoms with van der Waals surface area (Å²) in [7, 11) is 0. The van der Waals surface area contributed by atoms with Gasteiger partial charge in [-0.05, 0) is 43.0 Å². The predicted octanol–water partition coefficient (Wildman–Crippen LogP) is 5.30. The van der Waals surface area contributed by atoms with Crippen LogP contribution in [0, 0.1) is 0 Å². The molecule has 36 heavy (non-hydrogen) atoms. The molecule has 7 heteroatoms. The van der Waals surface area contributed by atoms with Gasteiger partial charge in [-0.1, -0.05) is 55.3 Å². The SMILES string of the molecule is C=CCN(C[C@@H]1C[C@H](c2ccc(CO)cc2)O[C@H](c2cccc(NC(=O)NCC)c2)O1)C1CCCC1. The Morgan fingerprint density at radius 3 is 2.61 bits per heavy atom. The summed E-state index contributed by atoms with van der Waals surface area (Å²) in [5.41, 5.74) is 3.50. The molecule has 3 atom stereocenters. The fourth-order valence-corrected chi connectivity index (χ4v) is 5.20. The van der Waals surface area contributed by atoms with Crippen molar-refractivity contribution in [3.63, 3.8) is 0 Å². The molecule has 0 aromatic heterocycles. The molecule has 4 rings (SSSR count).